The molecule has 0 saturated heterocycles. The Hall–Kier alpha value is -1.41. The summed E-state index contributed by atoms with van der Waals surface area (Å²) in [6, 6.07) is 0. The molecule has 0 spiro atoms. The number of hydrogen-bond donors (Lipinski definition) is 1. The third-order valence-electron chi connectivity index (χ3n) is 2.85. The van der Waals surface area contributed by atoms with E-state index in [1.807, 2.05) is 11.5 Å². The Kier molecular flexibility index (Phi) is 6.83. The maximum absolute atomic E-state index is 12.1. The summed E-state index contributed by atoms with van der Waals surface area (Å²) in [5.74, 6) is 0.350. The van der Waals surface area contributed by atoms with Crippen molar-refractivity contribution in [3.63, 3.8) is 0 Å². The lowest BCUT2D eigenvalue weighted by molar-refractivity contribution is -0.143. The fourth-order valence-electron chi connectivity index (χ4n) is 1.82. The van der Waals surface area contributed by atoms with Gasteiger partial charge in [-0.3, -0.25) is 4.79 Å². The minimum Gasteiger partial charge on any atom is -0.466 e. The zero-order valence-corrected chi connectivity index (χ0v) is 13.6. The number of aromatic nitrogens is 2. The fourth-order valence-corrected chi connectivity index (χ4v) is 2.90. The van der Waals surface area contributed by atoms with Crippen molar-refractivity contribution in [2.45, 2.75) is 51.6 Å². The predicted octanol–water partition coefficient (Wildman–Crippen LogP) is 1.22. The van der Waals surface area contributed by atoms with Crippen LogP contribution in [-0.4, -0.2) is 37.1 Å². The Morgan fingerprint density at radius 2 is 2.14 bits per heavy atom. The van der Waals surface area contributed by atoms with Gasteiger partial charge in [0.05, 0.1) is 6.61 Å². The summed E-state index contributed by atoms with van der Waals surface area (Å²) in [5.41, 5.74) is 0. The van der Waals surface area contributed by atoms with Gasteiger partial charge in [-0.2, -0.15) is 0 Å². The van der Waals surface area contributed by atoms with Crippen LogP contribution in [0.2, 0.25) is 0 Å². The molecule has 0 saturated carbocycles. The molecule has 1 heterocycles. The van der Waals surface area contributed by atoms with E-state index in [2.05, 4.69) is 9.71 Å². The molecule has 0 aliphatic rings. The van der Waals surface area contributed by atoms with Gasteiger partial charge in [0.2, 0.25) is 0 Å². The lowest BCUT2D eigenvalue weighted by Gasteiger charge is -2.04. The summed E-state index contributed by atoms with van der Waals surface area (Å²) >= 11 is 0. The van der Waals surface area contributed by atoms with Crippen LogP contribution in [0.4, 0.5) is 0 Å². The largest absolute Gasteiger partial charge is 0.466 e. The van der Waals surface area contributed by atoms with Crippen LogP contribution in [0.3, 0.4) is 0 Å². The predicted molar refractivity (Wildman–Crippen MR) is 78.3 cm³/mol. The van der Waals surface area contributed by atoms with E-state index < -0.39 is 10.0 Å². The van der Waals surface area contributed by atoms with Gasteiger partial charge in [0.1, 0.15) is 5.82 Å². The van der Waals surface area contributed by atoms with Gasteiger partial charge in [0, 0.05) is 25.7 Å². The van der Waals surface area contributed by atoms with E-state index in [-0.39, 0.29) is 24.0 Å². The van der Waals surface area contributed by atoms with Crippen LogP contribution in [-0.2, 0) is 26.1 Å². The molecule has 120 valence electrons. The van der Waals surface area contributed by atoms with Crippen LogP contribution >= 0.6 is 0 Å². The van der Waals surface area contributed by atoms with E-state index >= 15 is 0 Å². The normalized spacial score (nSPS) is 11.6. The smallest absolute Gasteiger partial charge is 0.305 e. The first kappa shape index (κ1) is 17.6. The van der Waals surface area contributed by atoms with E-state index in [0.717, 1.165) is 13.0 Å². The monoisotopic (exact) mass is 317 g/mol. The third-order valence-corrected chi connectivity index (χ3v) is 4.18. The second kappa shape index (κ2) is 8.14. The first-order valence-corrected chi connectivity index (χ1v) is 8.58. The number of esters is 1. The highest BCUT2D eigenvalue weighted by atomic mass is 32.2. The van der Waals surface area contributed by atoms with Crippen LogP contribution in [0.25, 0.3) is 0 Å². The van der Waals surface area contributed by atoms with Crippen molar-refractivity contribution in [1.82, 2.24) is 14.3 Å². The van der Waals surface area contributed by atoms with Crippen molar-refractivity contribution in [3.8, 4) is 0 Å². The van der Waals surface area contributed by atoms with E-state index in [4.69, 9.17) is 4.74 Å². The summed E-state index contributed by atoms with van der Waals surface area (Å²) in [6.45, 7) is 6.77. The summed E-state index contributed by atoms with van der Waals surface area (Å²) in [4.78, 5) is 15.2. The molecule has 8 heteroatoms. The molecule has 0 radical (unpaired) electrons. The van der Waals surface area contributed by atoms with E-state index in [9.17, 15) is 13.2 Å². The lowest BCUT2D eigenvalue weighted by atomic mass is 10.3. The molecule has 1 rings (SSSR count). The molecule has 0 aliphatic heterocycles. The average molecular weight is 317 g/mol. The summed E-state index contributed by atoms with van der Waals surface area (Å²) < 4.78 is 33.2. The minimum atomic E-state index is -3.62. The van der Waals surface area contributed by atoms with Gasteiger partial charge >= 0.3 is 5.97 Å². The van der Waals surface area contributed by atoms with Gasteiger partial charge in [-0.1, -0.05) is 6.92 Å². The van der Waals surface area contributed by atoms with Crippen molar-refractivity contribution in [3.05, 3.63) is 12.0 Å². The average Bonchev–Trinajstić information content (AvgIpc) is 2.78. The van der Waals surface area contributed by atoms with Crippen molar-refractivity contribution >= 4 is 16.0 Å². The molecule has 0 aliphatic carbocycles. The maximum Gasteiger partial charge on any atom is 0.305 e. The molecule has 0 amide bonds. The highest BCUT2D eigenvalue weighted by Gasteiger charge is 2.18. The Bertz CT molecular complexity index is 566. The van der Waals surface area contributed by atoms with E-state index in [1.165, 1.54) is 6.20 Å². The Morgan fingerprint density at radius 3 is 2.76 bits per heavy atom. The van der Waals surface area contributed by atoms with Crippen molar-refractivity contribution in [2.75, 3.05) is 13.2 Å². The molecule has 0 bridgehead atoms. The molecule has 21 heavy (non-hydrogen) atoms. The second-order valence-electron chi connectivity index (χ2n) is 4.63. The Morgan fingerprint density at radius 1 is 1.43 bits per heavy atom. The molecule has 0 atom stereocenters. The number of carbonyl (C=O) groups excluding carboxylic acids is 1. The Labute approximate surface area is 125 Å². The van der Waals surface area contributed by atoms with Gasteiger partial charge in [-0.25, -0.2) is 18.1 Å². The highest BCUT2D eigenvalue weighted by molar-refractivity contribution is 7.89. The quantitative estimate of drug-likeness (QED) is 0.546. The molecule has 1 N–H and O–H groups in total. The summed E-state index contributed by atoms with van der Waals surface area (Å²) in [7, 11) is -3.62. The maximum atomic E-state index is 12.1. The first-order valence-electron chi connectivity index (χ1n) is 7.09. The van der Waals surface area contributed by atoms with E-state index in [1.54, 1.807) is 13.8 Å². The van der Waals surface area contributed by atoms with E-state index in [0.29, 0.717) is 18.9 Å². The number of aryl methyl sites for hydroxylation is 2. The molecule has 0 aromatic carbocycles. The number of carbonyl (C=O) groups is 1. The van der Waals surface area contributed by atoms with Crippen LogP contribution in [0.5, 0.6) is 0 Å². The highest BCUT2D eigenvalue weighted by Crippen LogP contribution is 2.09. The number of rotatable bonds is 9. The van der Waals surface area contributed by atoms with Gasteiger partial charge < -0.3 is 9.30 Å². The minimum absolute atomic E-state index is 0.0181. The molecule has 7 nitrogen and oxygen atoms in total. The molecule has 0 fully saturated rings. The van der Waals surface area contributed by atoms with Crippen LogP contribution in [0, 0.1) is 6.92 Å². The fraction of sp³-hybridized carbons (Fsp3) is 0.692. The zero-order valence-electron chi connectivity index (χ0n) is 12.8. The lowest BCUT2D eigenvalue weighted by Crippen LogP contribution is -2.25. The van der Waals surface area contributed by atoms with Crippen LogP contribution in [0.15, 0.2) is 11.2 Å². The molecule has 1 aromatic heterocycles. The second-order valence-corrected chi connectivity index (χ2v) is 6.34. The standard InChI is InChI=1S/C13H23N3O4S/c1-4-9-16-10-12(15-11(16)3)21(18,19)14-8-6-7-13(17)20-5-2/h10,14H,4-9H2,1-3H3. The van der Waals surface area contributed by atoms with Gasteiger partial charge in [-0.05, 0) is 26.7 Å². The number of ether oxygens (including phenoxy) is 1. The first-order chi connectivity index (χ1) is 9.90. The number of hydrogen-bond acceptors (Lipinski definition) is 5. The topological polar surface area (TPSA) is 90.3 Å². The van der Waals surface area contributed by atoms with Crippen LogP contribution in [0.1, 0.15) is 38.9 Å². The summed E-state index contributed by atoms with van der Waals surface area (Å²) in [5, 5.41) is 0.0181. The number of nitrogens with zero attached hydrogens (tertiary/aromatic N) is 2. The zero-order chi connectivity index (χ0) is 15.9. The molecular formula is C13H23N3O4S. The van der Waals surface area contributed by atoms with Gasteiger partial charge in [0.15, 0.2) is 5.03 Å². The number of sulfonamides is 1. The van der Waals surface area contributed by atoms with Gasteiger partial charge in [-0.15, -0.1) is 0 Å². The SMILES string of the molecule is CCCn1cc(S(=O)(=O)NCCCC(=O)OCC)nc1C. The van der Waals surface area contributed by atoms with Crippen LogP contribution < -0.4 is 4.72 Å². The molecule has 1 aromatic rings. The third kappa shape index (κ3) is 5.47. The molecule has 0 unspecified atom stereocenters. The van der Waals surface area contributed by atoms with Crippen molar-refractivity contribution in [1.29, 1.82) is 0 Å². The number of imidazole rings is 1. The number of nitrogens with one attached hydrogen (secondary N) is 1. The Balaban J connectivity index is 2.53. The van der Waals surface area contributed by atoms with Gasteiger partial charge in [0.25, 0.3) is 10.0 Å². The van der Waals surface area contributed by atoms with Crippen molar-refractivity contribution in [2.24, 2.45) is 0 Å². The molecular weight excluding hydrogens is 294 g/mol. The summed E-state index contributed by atoms with van der Waals surface area (Å²) in [6.07, 6.45) is 3.03. The van der Waals surface area contributed by atoms with Crippen molar-refractivity contribution < 1.29 is 17.9 Å².